The Kier molecular flexibility index (Phi) is 15.5. The molecule has 0 saturated heterocycles. The molecule has 3 heterocycles. The minimum absolute atomic E-state index is 0.100. The lowest BCUT2D eigenvalue weighted by atomic mass is 9.91. The van der Waals surface area contributed by atoms with Crippen molar-refractivity contribution in [2.75, 3.05) is 5.32 Å². The summed E-state index contributed by atoms with van der Waals surface area (Å²) in [7, 11) is 0. The second-order valence-corrected chi connectivity index (χ2v) is 15.1. The maximum Gasteiger partial charge on any atom is 0.307 e. The minimum atomic E-state index is -2.10. The third kappa shape index (κ3) is 12.9. The van der Waals surface area contributed by atoms with Crippen LogP contribution >= 0.6 is 15.9 Å². The number of hydrogen-bond acceptors (Lipinski definition) is 11. The highest BCUT2D eigenvalue weighted by Crippen LogP contribution is 2.21. The van der Waals surface area contributed by atoms with Gasteiger partial charge in [-0.25, -0.2) is 0 Å². The highest BCUT2D eigenvalue weighted by molar-refractivity contribution is 9.10. The van der Waals surface area contributed by atoms with Crippen molar-refractivity contribution in [1.82, 2.24) is 16.0 Å². The lowest BCUT2D eigenvalue weighted by molar-refractivity contribution is -0.173. The van der Waals surface area contributed by atoms with E-state index in [-0.39, 0.29) is 31.4 Å². The summed E-state index contributed by atoms with van der Waals surface area (Å²) in [6.45, 7) is 1.96. The van der Waals surface area contributed by atoms with Crippen LogP contribution in [0.4, 0.5) is 5.69 Å². The van der Waals surface area contributed by atoms with Crippen LogP contribution in [0.15, 0.2) is 106 Å². The first-order valence-corrected chi connectivity index (χ1v) is 19.7. The summed E-state index contributed by atoms with van der Waals surface area (Å²) in [6, 6.07) is 20.3. The number of hydrogen-bond donors (Lipinski definition) is 5. The predicted molar refractivity (Wildman–Crippen MR) is 217 cm³/mol. The molecule has 16 nitrogen and oxygen atoms in total. The van der Waals surface area contributed by atoms with Gasteiger partial charge < -0.3 is 40.3 Å². The molecule has 17 heteroatoms. The number of Topliss-reactive ketones (excluding diaryl/α,β-unsaturated/α-hetero) is 1. The molecule has 0 fully saturated rings. The van der Waals surface area contributed by atoms with Gasteiger partial charge in [-0.2, -0.15) is 0 Å². The number of fused-ring (bicyclic) bond motifs is 18. The molecule has 6 atom stereocenters. The van der Waals surface area contributed by atoms with Gasteiger partial charge in [0.25, 0.3) is 11.8 Å². The molecule has 0 spiro atoms. The van der Waals surface area contributed by atoms with E-state index in [0.29, 0.717) is 22.5 Å². The normalized spacial score (nSPS) is 21.9. The standard InChI is InChI=1S/C43H43BrN4O12/c1-24(49)59-37-38(60-25(2)50)42(55)48-35(20-26-7-4-3-5-8-26)40(53)47-34(21-28-10-14-30(44)15-11-28)39(52)46-33(23-32-9-6-18-58-32)36(51)22-29(43(56)57)19-27-12-16-31(17-13-27)45-41(37)54/h3-18,29,33-35,37-38H,19-23H2,1-2H3,(H,45,54)(H,46,52)(H,47,53)(H,48,55)(H,56,57)/t29-,33+,34-,35+,37+,38+/m0/s1. The number of carbonyl (C=O) groups excluding carboxylic acids is 7. The fourth-order valence-corrected chi connectivity index (χ4v) is 6.78. The van der Waals surface area contributed by atoms with Crippen molar-refractivity contribution in [3.05, 3.63) is 124 Å². The Bertz CT molecular complexity index is 2180. The van der Waals surface area contributed by atoms with Crippen LogP contribution in [0.2, 0.25) is 0 Å². The Morgan fingerprint density at radius 1 is 0.650 bits per heavy atom. The second kappa shape index (κ2) is 20.9. The van der Waals surface area contributed by atoms with Gasteiger partial charge in [-0.15, -0.1) is 0 Å². The number of carboxylic acid groups (broad SMARTS) is 1. The molecule has 4 amide bonds. The van der Waals surface area contributed by atoms with E-state index < -0.39 is 90.0 Å². The first-order valence-electron chi connectivity index (χ1n) is 18.9. The minimum Gasteiger partial charge on any atom is -0.481 e. The van der Waals surface area contributed by atoms with Crippen molar-refractivity contribution in [2.24, 2.45) is 5.92 Å². The van der Waals surface area contributed by atoms with Gasteiger partial charge in [0.1, 0.15) is 17.8 Å². The largest absolute Gasteiger partial charge is 0.481 e. The lowest BCUT2D eigenvalue weighted by Crippen LogP contribution is -2.59. The van der Waals surface area contributed by atoms with E-state index in [1.165, 1.54) is 30.5 Å². The maximum atomic E-state index is 14.4. The molecule has 2 bridgehead atoms. The SMILES string of the molecule is CC(=O)O[C@H]1C(=O)Nc2ccc(cc2)C[C@H](C(=O)O)CC(=O)[C@@H](Cc2ccco2)NC(=O)[C@H](Cc2ccc(Br)cc2)NC(=O)[C@@H](Cc2ccccc2)NC(=O)[C@@H]1OC(C)=O. The van der Waals surface area contributed by atoms with Crippen LogP contribution in [0.1, 0.15) is 42.7 Å². The van der Waals surface area contributed by atoms with Crippen molar-refractivity contribution >= 4 is 68.9 Å². The van der Waals surface area contributed by atoms with Gasteiger partial charge in [0.2, 0.25) is 24.0 Å². The van der Waals surface area contributed by atoms with E-state index in [9.17, 15) is 43.5 Å². The van der Waals surface area contributed by atoms with Crippen molar-refractivity contribution in [3.8, 4) is 0 Å². The number of aliphatic carboxylic acids is 1. The van der Waals surface area contributed by atoms with E-state index in [0.717, 1.165) is 18.3 Å². The summed E-state index contributed by atoms with van der Waals surface area (Å²) in [4.78, 5) is 108. The number of ketones is 1. The van der Waals surface area contributed by atoms with Crippen molar-refractivity contribution in [3.63, 3.8) is 0 Å². The number of carboxylic acids is 1. The van der Waals surface area contributed by atoms with E-state index in [2.05, 4.69) is 37.2 Å². The Morgan fingerprint density at radius 2 is 1.20 bits per heavy atom. The Hall–Kier alpha value is -6.62. The van der Waals surface area contributed by atoms with Gasteiger partial charge in [-0.1, -0.05) is 70.5 Å². The zero-order valence-electron chi connectivity index (χ0n) is 32.6. The second-order valence-electron chi connectivity index (χ2n) is 14.1. The molecule has 1 aromatic heterocycles. The average Bonchev–Trinajstić information content (AvgIpc) is 3.72. The van der Waals surface area contributed by atoms with E-state index in [4.69, 9.17) is 13.9 Å². The van der Waals surface area contributed by atoms with E-state index in [1.54, 1.807) is 66.7 Å². The van der Waals surface area contributed by atoms with Crippen LogP contribution in [-0.4, -0.2) is 82.8 Å². The van der Waals surface area contributed by atoms with Crippen molar-refractivity contribution < 1.29 is 57.4 Å². The molecule has 4 aromatic rings. The highest BCUT2D eigenvalue weighted by Gasteiger charge is 2.41. The summed E-state index contributed by atoms with van der Waals surface area (Å²) < 4.78 is 16.8. The summed E-state index contributed by atoms with van der Waals surface area (Å²) in [5.74, 6) is -8.75. The molecular weight excluding hydrogens is 844 g/mol. The van der Waals surface area contributed by atoms with Crippen LogP contribution < -0.4 is 21.3 Å². The summed E-state index contributed by atoms with van der Waals surface area (Å²) >= 11 is 3.38. The van der Waals surface area contributed by atoms with Crippen LogP contribution in [0.25, 0.3) is 0 Å². The molecule has 6 rings (SSSR count). The van der Waals surface area contributed by atoms with Crippen LogP contribution in [0.3, 0.4) is 0 Å². The molecule has 2 aliphatic heterocycles. The van der Waals surface area contributed by atoms with Crippen LogP contribution in [-0.2, 0) is 73.5 Å². The number of anilines is 1. The van der Waals surface area contributed by atoms with Crippen LogP contribution in [0.5, 0.6) is 0 Å². The monoisotopic (exact) mass is 886 g/mol. The fourth-order valence-electron chi connectivity index (χ4n) is 6.52. The topological polar surface area (TPSA) is 237 Å². The van der Waals surface area contributed by atoms with Gasteiger partial charge in [-0.05, 0) is 59.5 Å². The summed E-state index contributed by atoms with van der Waals surface area (Å²) in [6.07, 6.45) is -3.77. The molecule has 60 heavy (non-hydrogen) atoms. The molecule has 2 aliphatic rings. The highest BCUT2D eigenvalue weighted by atomic mass is 79.9. The summed E-state index contributed by atoms with van der Waals surface area (Å²) in [5.41, 5.74) is 1.78. The number of carbonyl (C=O) groups is 8. The summed E-state index contributed by atoms with van der Waals surface area (Å²) in [5, 5.41) is 20.7. The van der Waals surface area contributed by atoms with Crippen molar-refractivity contribution in [1.29, 1.82) is 0 Å². The molecule has 5 N–H and O–H groups in total. The number of amides is 4. The van der Waals surface area contributed by atoms with Gasteiger partial charge in [-0.3, -0.25) is 38.4 Å². The Labute approximate surface area is 352 Å². The number of benzene rings is 3. The zero-order chi connectivity index (χ0) is 43.3. The molecule has 0 radical (unpaired) electrons. The quantitative estimate of drug-likeness (QED) is 0.120. The third-order valence-electron chi connectivity index (χ3n) is 9.47. The smallest absolute Gasteiger partial charge is 0.307 e. The Morgan fingerprint density at radius 3 is 1.75 bits per heavy atom. The van der Waals surface area contributed by atoms with Gasteiger partial charge in [0, 0.05) is 49.7 Å². The number of ether oxygens (including phenoxy) is 2. The third-order valence-corrected chi connectivity index (χ3v) is 10.00. The Balaban J connectivity index is 1.60. The average molecular weight is 888 g/mol. The van der Waals surface area contributed by atoms with Crippen molar-refractivity contribution in [2.45, 2.75) is 76.3 Å². The van der Waals surface area contributed by atoms with Crippen LogP contribution in [0, 0.1) is 5.92 Å². The van der Waals surface area contributed by atoms with E-state index in [1.807, 2.05) is 0 Å². The molecular formula is C43H43BrN4O12. The molecule has 0 aliphatic carbocycles. The maximum absolute atomic E-state index is 14.4. The number of rotatable bonds is 9. The zero-order valence-corrected chi connectivity index (χ0v) is 34.1. The number of nitrogens with one attached hydrogen (secondary N) is 4. The molecule has 0 unspecified atom stereocenters. The first kappa shape index (κ1) is 44.5. The fraction of sp³-hybridized carbons (Fsp3) is 0.302. The van der Waals surface area contributed by atoms with Gasteiger partial charge in [0.05, 0.1) is 18.2 Å². The number of furan rings is 1. The molecule has 314 valence electrons. The van der Waals surface area contributed by atoms with Gasteiger partial charge in [0.15, 0.2) is 5.78 Å². The number of halogens is 1. The van der Waals surface area contributed by atoms with Gasteiger partial charge >= 0.3 is 17.9 Å². The van der Waals surface area contributed by atoms with E-state index >= 15 is 0 Å². The molecule has 0 saturated carbocycles. The first-order chi connectivity index (χ1) is 28.6. The lowest BCUT2D eigenvalue weighted by Gasteiger charge is -2.28. The predicted octanol–water partition coefficient (Wildman–Crippen LogP) is 3.24. The number of esters is 2. The molecule has 3 aromatic carbocycles.